The summed E-state index contributed by atoms with van der Waals surface area (Å²) in [5.41, 5.74) is -0.888. The smallest absolute Gasteiger partial charge is 0.131 e. The maximum atomic E-state index is 11.1. The van der Waals surface area contributed by atoms with Crippen LogP contribution in [-0.2, 0) is 0 Å². The average Bonchev–Trinajstić information content (AvgIpc) is 2.88. The first-order valence-corrected chi connectivity index (χ1v) is 9.93. The molecule has 128 valence electrons. The van der Waals surface area contributed by atoms with Crippen molar-refractivity contribution in [3.8, 4) is 12.3 Å². The first-order valence-electron chi connectivity index (χ1n) is 9.93. The van der Waals surface area contributed by atoms with E-state index in [-0.39, 0.29) is 11.5 Å². The number of aliphatic hydroxyl groups is 2. The van der Waals surface area contributed by atoms with Gasteiger partial charge in [0.25, 0.3) is 0 Å². The molecule has 23 heavy (non-hydrogen) atoms. The van der Waals surface area contributed by atoms with Gasteiger partial charge in [-0.05, 0) is 93.8 Å². The van der Waals surface area contributed by atoms with E-state index in [0.717, 1.165) is 62.2 Å². The number of fused-ring (bicyclic) bond motifs is 5. The molecule has 0 saturated heterocycles. The monoisotopic (exact) mass is 316 g/mol. The fourth-order valence-electron chi connectivity index (χ4n) is 7.61. The molecule has 8 atom stereocenters. The Kier molecular flexibility index (Phi) is 3.82. The van der Waals surface area contributed by atoms with E-state index in [0.29, 0.717) is 5.92 Å². The van der Waals surface area contributed by atoms with E-state index in [1.807, 2.05) is 0 Å². The summed E-state index contributed by atoms with van der Waals surface area (Å²) in [6, 6.07) is 0. The lowest BCUT2D eigenvalue weighted by atomic mass is 9.48. The molecule has 0 heterocycles. The summed E-state index contributed by atoms with van der Waals surface area (Å²) in [6.45, 7) is 2.24. The van der Waals surface area contributed by atoms with E-state index in [9.17, 15) is 10.2 Å². The van der Waals surface area contributed by atoms with Crippen molar-refractivity contribution in [2.45, 2.75) is 82.8 Å². The van der Waals surface area contributed by atoms with Crippen LogP contribution >= 0.6 is 0 Å². The van der Waals surface area contributed by atoms with Crippen molar-refractivity contribution in [2.75, 3.05) is 0 Å². The molecule has 4 rings (SSSR count). The van der Waals surface area contributed by atoms with Crippen LogP contribution in [0, 0.1) is 47.3 Å². The quantitative estimate of drug-likeness (QED) is 0.723. The van der Waals surface area contributed by atoms with Gasteiger partial charge in [0.15, 0.2) is 0 Å². The van der Waals surface area contributed by atoms with Crippen LogP contribution in [0.4, 0.5) is 0 Å². The lowest BCUT2D eigenvalue weighted by Crippen LogP contribution is -2.54. The van der Waals surface area contributed by atoms with Gasteiger partial charge in [0.2, 0.25) is 0 Å². The van der Waals surface area contributed by atoms with Crippen molar-refractivity contribution < 1.29 is 10.2 Å². The summed E-state index contributed by atoms with van der Waals surface area (Å²) in [5.74, 6) is 6.61. The third-order valence-corrected chi connectivity index (χ3v) is 8.65. The van der Waals surface area contributed by atoms with Gasteiger partial charge >= 0.3 is 0 Å². The van der Waals surface area contributed by atoms with Crippen LogP contribution in [0.15, 0.2) is 0 Å². The van der Waals surface area contributed by atoms with Gasteiger partial charge in [-0.15, -0.1) is 6.42 Å². The van der Waals surface area contributed by atoms with Crippen LogP contribution in [0.1, 0.15) is 71.1 Å². The number of terminal acetylenes is 1. The van der Waals surface area contributed by atoms with E-state index in [1.54, 1.807) is 0 Å². The van der Waals surface area contributed by atoms with Gasteiger partial charge in [-0.3, -0.25) is 0 Å². The molecule has 0 unspecified atom stereocenters. The Balaban J connectivity index is 1.62. The topological polar surface area (TPSA) is 40.5 Å². The number of hydrogen-bond donors (Lipinski definition) is 2. The molecule has 0 radical (unpaired) electrons. The second-order valence-corrected chi connectivity index (χ2v) is 8.99. The summed E-state index contributed by atoms with van der Waals surface area (Å²) < 4.78 is 0. The highest BCUT2D eigenvalue weighted by molar-refractivity contribution is 5.24. The maximum absolute atomic E-state index is 11.1. The lowest BCUT2D eigenvalue weighted by Gasteiger charge is -2.57. The van der Waals surface area contributed by atoms with Crippen LogP contribution in [-0.4, -0.2) is 21.9 Å². The minimum absolute atomic E-state index is 0.0239. The summed E-state index contributed by atoms with van der Waals surface area (Å²) in [7, 11) is 0. The fourth-order valence-corrected chi connectivity index (χ4v) is 7.61. The van der Waals surface area contributed by atoms with Crippen molar-refractivity contribution >= 4 is 0 Å². The van der Waals surface area contributed by atoms with E-state index >= 15 is 0 Å². The molecular formula is C21H32O2. The molecule has 0 amide bonds. The molecule has 4 fully saturated rings. The zero-order valence-corrected chi connectivity index (χ0v) is 14.5. The van der Waals surface area contributed by atoms with Gasteiger partial charge in [-0.25, -0.2) is 0 Å². The molecule has 0 aromatic rings. The minimum Gasteiger partial charge on any atom is -0.393 e. The van der Waals surface area contributed by atoms with E-state index in [1.165, 1.54) is 25.7 Å². The Hall–Kier alpha value is -0.520. The van der Waals surface area contributed by atoms with Gasteiger partial charge in [0.1, 0.15) is 5.60 Å². The van der Waals surface area contributed by atoms with E-state index < -0.39 is 5.60 Å². The number of aliphatic hydroxyl groups excluding tert-OH is 1. The fraction of sp³-hybridized carbons (Fsp3) is 0.905. The Morgan fingerprint density at radius 2 is 1.78 bits per heavy atom. The molecular weight excluding hydrogens is 284 g/mol. The minimum atomic E-state index is -0.864. The van der Waals surface area contributed by atoms with Gasteiger partial charge in [0, 0.05) is 5.41 Å². The highest BCUT2D eigenvalue weighted by Crippen LogP contribution is 2.66. The summed E-state index contributed by atoms with van der Waals surface area (Å²) >= 11 is 0. The number of rotatable bonds is 1. The van der Waals surface area contributed by atoms with Crippen LogP contribution in [0.25, 0.3) is 0 Å². The Morgan fingerprint density at radius 1 is 1.00 bits per heavy atom. The molecule has 0 spiro atoms. The van der Waals surface area contributed by atoms with Crippen LogP contribution < -0.4 is 0 Å². The van der Waals surface area contributed by atoms with Crippen molar-refractivity contribution in [3.05, 3.63) is 0 Å². The van der Waals surface area contributed by atoms with Crippen molar-refractivity contribution in [1.29, 1.82) is 0 Å². The van der Waals surface area contributed by atoms with Gasteiger partial charge < -0.3 is 10.2 Å². The lowest BCUT2D eigenvalue weighted by molar-refractivity contribution is -0.121. The van der Waals surface area contributed by atoms with E-state index in [2.05, 4.69) is 12.8 Å². The highest BCUT2D eigenvalue weighted by Gasteiger charge is 2.63. The highest BCUT2D eigenvalue weighted by atomic mass is 16.3. The van der Waals surface area contributed by atoms with Crippen LogP contribution in [0.2, 0.25) is 0 Å². The standard InChI is InChI=1S/C21H32O2/c1-3-20-11-9-17-16-8-6-15(22)13-14(16)5-7-18(17)19(20)10-12-21(20,23)4-2/h2,14-19,22-23H,3,5-13H2,1H3/t14-,15-,16+,17-,18-,19+,20+,21+/m1/s1. The van der Waals surface area contributed by atoms with Crippen molar-refractivity contribution in [3.63, 3.8) is 0 Å². The SMILES string of the molecule is C#C[C@]1(O)CC[C@H]2[C@@H]3CC[C@@H]4C[C@H](O)CC[C@@H]4[C@H]3CC[C@@]21CC. The summed E-state index contributed by atoms with van der Waals surface area (Å²) in [6.07, 6.45) is 16.9. The second kappa shape index (κ2) is 5.50. The van der Waals surface area contributed by atoms with Gasteiger partial charge in [0.05, 0.1) is 6.10 Å². The molecule has 0 aliphatic heterocycles. The normalized spacial score (nSPS) is 55.4. The molecule has 0 bridgehead atoms. The van der Waals surface area contributed by atoms with Crippen molar-refractivity contribution in [1.82, 2.24) is 0 Å². The Morgan fingerprint density at radius 3 is 2.52 bits per heavy atom. The largest absolute Gasteiger partial charge is 0.393 e. The molecule has 4 aliphatic carbocycles. The third kappa shape index (κ3) is 2.09. The molecule has 2 heteroatoms. The van der Waals surface area contributed by atoms with Gasteiger partial charge in [-0.2, -0.15) is 0 Å². The summed E-state index contributed by atoms with van der Waals surface area (Å²) in [5, 5.41) is 21.2. The second-order valence-electron chi connectivity index (χ2n) is 8.99. The van der Waals surface area contributed by atoms with Crippen LogP contribution in [0.5, 0.6) is 0 Å². The molecule has 2 nitrogen and oxygen atoms in total. The van der Waals surface area contributed by atoms with Crippen molar-refractivity contribution in [2.24, 2.45) is 35.0 Å². The predicted molar refractivity (Wildman–Crippen MR) is 91.5 cm³/mol. The zero-order valence-electron chi connectivity index (χ0n) is 14.5. The zero-order chi connectivity index (χ0) is 16.2. The van der Waals surface area contributed by atoms with Crippen LogP contribution in [0.3, 0.4) is 0 Å². The molecule has 2 N–H and O–H groups in total. The Bertz CT molecular complexity index is 508. The predicted octanol–water partition coefficient (Wildman–Crippen LogP) is 3.75. The molecule has 4 aliphatic rings. The number of hydrogen-bond acceptors (Lipinski definition) is 2. The molecule has 0 aromatic carbocycles. The first kappa shape index (κ1) is 16.0. The third-order valence-electron chi connectivity index (χ3n) is 8.65. The first-order chi connectivity index (χ1) is 11.0. The maximum Gasteiger partial charge on any atom is 0.131 e. The van der Waals surface area contributed by atoms with Gasteiger partial charge in [-0.1, -0.05) is 12.8 Å². The average molecular weight is 316 g/mol. The molecule has 4 saturated carbocycles. The molecule has 0 aromatic heterocycles. The Labute approximate surface area is 141 Å². The van der Waals surface area contributed by atoms with E-state index in [4.69, 9.17) is 6.42 Å². The summed E-state index contributed by atoms with van der Waals surface area (Å²) in [4.78, 5) is 0.